The maximum absolute atomic E-state index is 12.0. The Bertz CT molecular complexity index is 562. The van der Waals surface area contributed by atoms with Crippen molar-refractivity contribution in [2.24, 2.45) is 0 Å². The number of carbonyl (C=O) groups is 1. The maximum atomic E-state index is 12.0. The molecule has 1 N–H and O–H groups in total. The van der Waals surface area contributed by atoms with Crippen molar-refractivity contribution in [1.29, 1.82) is 0 Å². The number of benzene rings is 1. The minimum Gasteiger partial charge on any atom is -0.322 e. The van der Waals surface area contributed by atoms with Crippen LogP contribution in [0.25, 0.3) is 0 Å². The quantitative estimate of drug-likeness (QED) is 0.905. The van der Waals surface area contributed by atoms with Gasteiger partial charge in [-0.3, -0.25) is 9.78 Å². The first-order valence-corrected chi connectivity index (χ1v) is 6.00. The van der Waals surface area contributed by atoms with Gasteiger partial charge in [0.05, 0.1) is 15.6 Å². The summed E-state index contributed by atoms with van der Waals surface area (Å²) in [5.74, 6) is -0.351. The van der Waals surface area contributed by atoms with Crippen molar-refractivity contribution in [2.75, 3.05) is 5.32 Å². The van der Waals surface area contributed by atoms with E-state index in [1.54, 1.807) is 0 Å². The molecule has 0 spiro atoms. The summed E-state index contributed by atoms with van der Waals surface area (Å²) < 4.78 is 0. The van der Waals surface area contributed by atoms with E-state index in [4.69, 9.17) is 23.2 Å². The molecule has 18 heavy (non-hydrogen) atoms. The molecule has 1 heterocycles. The number of amides is 1. The SMILES string of the molecule is Cc1ccc(NC(=O)c2c(Cl)cncc2Cl)cc1. The van der Waals surface area contributed by atoms with E-state index in [0.717, 1.165) is 5.56 Å². The Morgan fingerprint density at radius 1 is 1.11 bits per heavy atom. The Hall–Kier alpha value is -1.58. The Balaban J connectivity index is 2.25. The largest absolute Gasteiger partial charge is 0.322 e. The topological polar surface area (TPSA) is 42.0 Å². The molecule has 0 aliphatic heterocycles. The predicted octanol–water partition coefficient (Wildman–Crippen LogP) is 3.95. The molecule has 0 saturated carbocycles. The van der Waals surface area contributed by atoms with E-state index in [1.807, 2.05) is 31.2 Å². The van der Waals surface area contributed by atoms with Crippen molar-refractivity contribution in [1.82, 2.24) is 4.98 Å². The van der Waals surface area contributed by atoms with Crippen LogP contribution in [0.5, 0.6) is 0 Å². The van der Waals surface area contributed by atoms with Crippen LogP contribution in [0.2, 0.25) is 10.0 Å². The average Bonchev–Trinajstić information content (AvgIpc) is 2.32. The Morgan fingerprint density at radius 2 is 1.67 bits per heavy atom. The molecule has 0 aliphatic rings. The normalized spacial score (nSPS) is 10.2. The van der Waals surface area contributed by atoms with Crippen LogP contribution >= 0.6 is 23.2 Å². The van der Waals surface area contributed by atoms with Gasteiger partial charge in [0.25, 0.3) is 5.91 Å². The molecule has 1 aromatic heterocycles. The van der Waals surface area contributed by atoms with Crippen molar-refractivity contribution in [3.8, 4) is 0 Å². The number of aromatic nitrogens is 1. The highest BCUT2D eigenvalue weighted by atomic mass is 35.5. The molecule has 2 rings (SSSR count). The van der Waals surface area contributed by atoms with E-state index in [-0.39, 0.29) is 21.5 Å². The molecule has 0 atom stereocenters. The Morgan fingerprint density at radius 3 is 2.22 bits per heavy atom. The second-order valence-corrected chi connectivity index (χ2v) is 4.61. The highest BCUT2D eigenvalue weighted by Crippen LogP contribution is 2.24. The van der Waals surface area contributed by atoms with Crippen LogP contribution in [-0.2, 0) is 0 Å². The van der Waals surface area contributed by atoms with Gasteiger partial charge in [-0.2, -0.15) is 0 Å². The molecule has 0 saturated heterocycles. The number of rotatable bonds is 2. The van der Waals surface area contributed by atoms with E-state index in [9.17, 15) is 4.79 Å². The second-order valence-electron chi connectivity index (χ2n) is 3.80. The lowest BCUT2D eigenvalue weighted by molar-refractivity contribution is 0.102. The lowest BCUT2D eigenvalue weighted by atomic mass is 10.2. The zero-order chi connectivity index (χ0) is 13.1. The van der Waals surface area contributed by atoms with Crippen molar-refractivity contribution < 1.29 is 4.79 Å². The van der Waals surface area contributed by atoms with Crippen LogP contribution in [0.1, 0.15) is 15.9 Å². The van der Waals surface area contributed by atoms with Gasteiger partial charge in [0.1, 0.15) is 0 Å². The van der Waals surface area contributed by atoms with Crippen LogP contribution in [0.15, 0.2) is 36.7 Å². The van der Waals surface area contributed by atoms with Crippen LogP contribution < -0.4 is 5.32 Å². The van der Waals surface area contributed by atoms with Crippen molar-refractivity contribution >= 4 is 34.8 Å². The van der Waals surface area contributed by atoms with Crippen molar-refractivity contribution in [3.63, 3.8) is 0 Å². The maximum Gasteiger partial charge on any atom is 0.258 e. The smallest absolute Gasteiger partial charge is 0.258 e. The number of nitrogens with zero attached hydrogens (tertiary/aromatic N) is 1. The summed E-state index contributed by atoms with van der Waals surface area (Å²) in [5.41, 5.74) is 2.04. The highest BCUT2D eigenvalue weighted by molar-refractivity contribution is 6.40. The third kappa shape index (κ3) is 2.81. The number of hydrogen-bond acceptors (Lipinski definition) is 2. The summed E-state index contributed by atoms with van der Waals surface area (Å²) in [5, 5.41) is 3.19. The van der Waals surface area contributed by atoms with Crippen LogP contribution in [0.4, 0.5) is 5.69 Å². The molecular formula is C13H10Cl2N2O. The Labute approximate surface area is 115 Å². The summed E-state index contributed by atoms with van der Waals surface area (Å²) in [6.45, 7) is 1.97. The summed E-state index contributed by atoms with van der Waals surface area (Å²) in [7, 11) is 0. The third-order valence-electron chi connectivity index (χ3n) is 2.39. The van der Waals surface area contributed by atoms with Crippen molar-refractivity contribution in [3.05, 3.63) is 57.8 Å². The first-order valence-electron chi connectivity index (χ1n) is 5.25. The number of nitrogens with one attached hydrogen (secondary N) is 1. The monoisotopic (exact) mass is 280 g/mol. The van der Waals surface area contributed by atoms with E-state index in [0.29, 0.717) is 5.69 Å². The van der Waals surface area contributed by atoms with E-state index >= 15 is 0 Å². The molecule has 92 valence electrons. The zero-order valence-electron chi connectivity index (χ0n) is 9.58. The van der Waals surface area contributed by atoms with Crippen LogP contribution in [-0.4, -0.2) is 10.9 Å². The molecule has 0 unspecified atom stereocenters. The van der Waals surface area contributed by atoms with Gasteiger partial charge >= 0.3 is 0 Å². The average molecular weight is 281 g/mol. The summed E-state index contributed by atoms with van der Waals surface area (Å²) in [4.78, 5) is 15.8. The molecule has 0 radical (unpaired) electrons. The number of hydrogen-bond donors (Lipinski definition) is 1. The molecule has 3 nitrogen and oxygen atoms in total. The number of carbonyl (C=O) groups excluding carboxylic acids is 1. The molecule has 1 amide bonds. The predicted molar refractivity (Wildman–Crippen MR) is 73.4 cm³/mol. The van der Waals surface area contributed by atoms with Gasteiger partial charge in [-0.25, -0.2) is 0 Å². The summed E-state index contributed by atoms with van der Waals surface area (Å²) >= 11 is 11.8. The summed E-state index contributed by atoms with van der Waals surface area (Å²) in [6, 6.07) is 7.45. The molecule has 0 fully saturated rings. The van der Waals surface area contributed by atoms with Gasteiger partial charge in [0.2, 0.25) is 0 Å². The molecule has 0 aliphatic carbocycles. The van der Waals surface area contributed by atoms with Gasteiger partial charge < -0.3 is 5.32 Å². The van der Waals surface area contributed by atoms with Gasteiger partial charge in [-0.15, -0.1) is 0 Å². The lowest BCUT2D eigenvalue weighted by Crippen LogP contribution is -2.13. The minimum absolute atomic E-state index is 0.229. The number of pyridine rings is 1. The summed E-state index contributed by atoms with van der Waals surface area (Å²) in [6.07, 6.45) is 2.77. The van der Waals surface area contributed by atoms with E-state index in [1.165, 1.54) is 12.4 Å². The van der Waals surface area contributed by atoms with E-state index < -0.39 is 0 Å². The fourth-order valence-electron chi connectivity index (χ4n) is 1.46. The van der Waals surface area contributed by atoms with Crippen LogP contribution in [0.3, 0.4) is 0 Å². The molecule has 1 aromatic carbocycles. The Kier molecular flexibility index (Phi) is 3.84. The molecule has 0 bridgehead atoms. The standard InChI is InChI=1S/C13H10Cl2N2O/c1-8-2-4-9(5-3-8)17-13(18)12-10(14)6-16-7-11(12)15/h2-7H,1H3,(H,17,18). The fourth-order valence-corrected chi connectivity index (χ4v) is 2.00. The molecular weight excluding hydrogens is 271 g/mol. The molecule has 2 aromatic rings. The van der Waals surface area contributed by atoms with E-state index in [2.05, 4.69) is 10.3 Å². The van der Waals surface area contributed by atoms with Gasteiger partial charge in [-0.1, -0.05) is 40.9 Å². The first kappa shape index (κ1) is 12.9. The number of anilines is 1. The van der Waals surface area contributed by atoms with Gasteiger partial charge in [-0.05, 0) is 19.1 Å². The second kappa shape index (κ2) is 5.38. The van der Waals surface area contributed by atoms with Gasteiger partial charge in [0, 0.05) is 18.1 Å². The third-order valence-corrected chi connectivity index (χ3v) is 2.96. The van der Waals surface area contributed by atoms with Crippen LogP contribution in [0, 0.1) is 6.92 Å². The minimum atomic E-state index is -0.351. The lowest BCUT2D eigenvalue weighted by Gasteiger charge is -2.08. The highest BCUT2D eigenvalue weighted by Gasteiger charge is 2.15. The van der Waals surface area contributed by atoms with Gasteiger partial charge in [0.15, 0.2) is 0 Å². The number of aryl methyl sites for hydroxylation is 1. The van der Waals surface area contributed by atoms with Crippen molar-refractivity contribution in [2.45, 2.75) is 6.92 Å². The first-order chi connectivity index (χ1) is 8.58. The fraction of sp³-hybridized carbons (Fsp3) is 0.0769. The molecule has 5 heteroatoms. The zero-order valence-corrected chi connectivity index (χ0v) is 11.1. The number of halogens is 2.